The molecule has 1 aromatic carbocycles. The molecule has 1 aliphatic heterocycles. The van der Waals surface area contributed by atoms with Gasteiger partial charge in [-0.15, -0.1) is 0 Å². The van der Waals surface area contributed by atoms with Crippen LogP contribution in [0.5, 0.6) is 0 Å². The van der Waals surface area contributed by atoms with Gasteiger partial charge < -0.3 is 4.90 Å². The third-order valence-corrected chi connectivity index (χ3v) is 5.30. The fourth-order valence-corrected chi connectivity index (χ4v) is 3.89. The van der Waals surface area contributed by atoms with Crippen molar-refractivity contribution in [2.24, 2.45) is 5.92 Å². The molecule has 0 unspecified atom stereocenters. The average Bonchev–Trinajstić information content (AvgIpc) is 2.62. The number of hydrogen-bond acceptors (Lipinski definition) is 4. The van der Waals surface area contributed by atoms with Crippen molar-refractivity contribution in [1.82, 2.24) is 4.90 Å². The van der Waals surface area contributed by atoms with Crippen LogP contribution in [0.4, 0.5) is 5.69 Å². The van der Waals surface area contributed by atoms with E-state index in [1.165, 1.54) is 38.6 Å². The summed E-state index contributed by atoms with van der Waals surface area (Å²) in [6.45, 7) is 5.40. The molecule has 2 aliphatic rings. The van der Waals surface area contributed by atoms with Gasteiger partial charge in [0.1, 0.15) is 0 Å². The number of carbonyl (C=O) groups excluding carboxylic acids is 2. The van der Waals surface area contributed by atoms with E-state index in [9.17, 15) is 9.59 Å². The van der Waals surface area contributed by atoms with Crippen LogP contribution in [-0.4, -0.2) is 50.2 Å². The first-order valence-corrected chi connectivity index (χ1v) is 8.82. The highest BCUT2D eigenvalue weighted by molar-refractivity contribution is 5.91. The van der Waals surface area contributed by atoms with Crippen LogP contribution in [0.2, 0.25) is 0 Å². The smallest absolute Gasteiger partial charge is 0.150 e. The van der Waals surface area contributed by atoms with E-state index in [1.54, 1.807) is 6.07 Å². The van der Waals surface area contributed by atoms with Gasteiger partial charge in [-0.1, -0.05) is 19.3 Å². The molecule has 1 aliphatic carbocycles. The van der Waals surface area contributed by atoms with Gasteiger partial charge in [0.25, 0.3) is 0 Å². The van der Waals surface area contributed by atoms with Crippen LogP contribution in [0.1, 0.15) is 52.8 Å². The Hall–Kier alpha value is -1.68. The molecule has 4 nitrogen and oxygen atoms in total. The van der Waals surface area contributed by atoms with Crippen molar-refractivity contribution in [2.75, 3.05) is 37.6 Å². The summed E-state index contributed by atoms with van der Waals surface area (Å²) in [7, 11) is 0. The van der Waals surface area contributed by atoms with Crippen molar-refractivity contribution in [3.63, 3.8) is 0 Å². The molecule has 1 heterocycles. The van der Waals surface area contributed by atoms with Gasteiger partial charge in [0.05, 0.1) is 0 Å². The molecular weight excluding hydrogens is 288 g/mol. The van der Waals surface area contributed by atoms with Gasteiger partial charge in [0, 0.05) is 49.5 Å². The summed E-state index contributed by atoms with van der Waals surface area (Å²) in [5.74, 6) is 0.892. The van der Waals surface area contributed by atoms with Gasteiger partial charge in [-0.3, -0.25) is 14.5 Å². The number of nitrogens with zero attached hydrogens (tertiary/aromatic N) is 2. The molecule has 0 amide bonds. The first-order chi connectivity index (χ1) is 11.3. The van der Waals surface area contributed by atoms with Crippen molar-refractivity contribution in [3.05, 3.63) is 29.3 Å². The van der Waals surface area contributed by atoms with Crippen molar-refractivity contribution in [3.8, 4) is 0 Å². The van der Waals surface area contributed by atoms with Gasteiger partial charge in [0.15, 0.2) is 12.6 Å². The Morgan fingerprint density at radius 3 is 2.26 bits per heavy atom. The Morgan fingerprint density at radius 2 is 1.61 bits per heavy atom. The topological polar surface area (TPSA) is 40.6 Å². The maximum Gasteiger partial charge on any atom is 0.150 e. The molecule has 0 bridgehead atoms. The van der Waals surface area contributed by atoms with Gasteiger partial charge >= 0.3 is 0 Å². The van der Waals surface area contributed by atoms with E-state index in [0.717, 1.165) is 50.4 Å². The molecule has 0 radical (unpaired) electrons. The molecule has 3 rings (SSSR count). The maximum atomic E-state index is 11.1. The summed E-state index contributed by atoms with van der Waals surface area (Å²) in [4.78, 5) is 26.9. The molecule has 1 saturated carbocycles. The Labute approximate surface area is 138 Å². The first kappa shape index (κ1) is 16.2. The van der Waals surface area contributed by atoms with Gasteiger partial charge in [-0.05, 0) is 37.0 Å². The summed E-state index contributed by atoms with van der Waals surface area (Å²) in [6, 6.07) is 5.54. The molecule has 0 N–H and O–H groups in total. The van der Waals surface area contributed by atoms with Crippen LogP contribution in [0, 0.1) is 5.92 Å². The molecule has 23 heavy (non-hydrogen) atoms. The highest BCUT2D eigenvalue weighted by Gasteiger charge is 2.22. The highest BCUT2D eigenvalue weighted by Crippen LogP contribution is 2.25. The van der Waals surface area contributed by atoms with E-state index in [4.69, 9.17) is 0 Å². The van der Waals surface area contributed by atoms with Crippen LogP contribution in [0.25, 0.3) is 0 Å². The molecule has 4 heteroatoms. The van der Waals surface area contributed by atoms with Crippen LogP contribution >= 0.6 is 0 Å². The Kier molecular flexibility index (Phi) is 5.44. The lowest BCUT2D eigenvalue weighted by Gasteiger charge is -2.38. The van der Waals surface area contributed by atoms with Crippen molar-refractivity contribution in [2.45, 2.75) is 32.1 Å². The SMILES string of the molecule is O=Cc1ccc(N2CCN(CC3CCCCC3)CC2)cc1C=O. The molecule has 0 aromatic heterocycles. The number of carbonyl (C=O) groups is 2. The quantitative estimate of drug-likeness (QED) is 0.783. The summed E-state index contributed by atoms with van der Waals surface area (Å²) in [5.41, 5.74) is 2.01. The van der Waals surface area contributed by atoms with Gasteiger partial charge in [0.2, 0.25) is 0 Å². The van der Waals surface area contributed by atoms with Crippen LogP contribution in [-0.2, 0) is 0 Å². The van der Waals surface area contributed by atoms with Crippen LogP contribution in [0.15, 0.2) is 18.2 Å². The average molecular weight is 314 g/mol. The zero-order valence-electron chi connectivity index (χ0n) is 13.7. The lowest BCUT2D eigenvalue weighted by Crippen LogP contribution is -2.48. The minimum Gasteiger partial charge on any atom is -0.369 e. The van der Waals surface area contributed by atoms with E-state index in [-0.39, 0.29) is 0 Å². The fourth-order valence-electron chi connectivity index (χ4n) is 3.89. The lowest BCUT2D eigenvalue weighted by atomic mass is 9.89. The fraction of sp³-hybridized carbons (Fsp3) is 0.579. The number of anilines is 1. The second-order valence-electron chi connectivity index (χ2n) is 6.84. The lowest BCUT2D eigenvalue weighted by molar-refractivity contribution is 0.109. The molecule has 1 saturated heterocycles. The molecule has 2 fully saturated rings. The van der Waals surface area contributed by atoms with E-state index in [2.05, 4.69) is 9.80 Å². The summed E-state index contributed by atoms with van der Waals surface area (Å²) < 4.78 is 0. The third kappa shape index (κ3) is 3.99. The minimum absolute atomic E-state index is 0.472. The zero-order valence-corrected chi connectivity index (χ0v) is 13.7. The highest BCUT2D eigenvalue weighted by atomic mass is 16.1. The van der Waals surface area contributed by atoms with Gasteiger partial charge in [-0.2, -0.15) is 0 Å². The number of benzene rings is 1. The normalized spacial score (nSPS) is 20.4. The largest absolute Gasteiger partial charge is 0.369 e. The van der Waals surface area contributed by atoms with E-state index in [1.807, 2.05) is 12.1 Å². The van der Waals surface area contributed by atoms with Crippen molar-refractivity contribution >= 4 is 18.3 Å². The monoisotopic (exact) mass is 314 g/mol. The summed E-state index contributed by atoms with van der Waals surface area (Å²) in [5, 5.41) is 0. The second kappa shape index (κ2) is 7.73. The van der Waals surface area contributed by atoms with Crippen LogP contribution in [0.3, 0.4) is 0 Å². The molecular formula is C19H26N2O2. The van der Waals surface area contributed by atoms with E-state index < -0.39 is 0 Å². The predicted molar refractivity (Wildman–Crippen MR) is 92.4 cm³/mol. The number of aldehydes is 2. The van der Waals surface area contributed by atoms with Crippen LogP contribution < -0.4 is 4.90 Å². The molecule has 124 valence electrons. The zero-order chi connectivity index (χ0) is 16.1. The second-order valence-corrected chi connectivity index (χ2v) is 6.84. The summed E-state index contributed by atoms with van der Waals surface area (Å²) >= 11 is 0. The standard InChI is InChI=1S/C19H26N2O2/c22-14-17-6-7-19(12-18(17)15-23)21-10-8-20(9-11-21)13-16-4-2-1-3-5-16/h6-7,12,14-16H,1-5,8-11,13H2. The van der Waals surface area contributed by atoms with E-state index >= 15 is 0 Å². The minimum atomic E-state index is 0.472. The number of hydrogen-bond donors (Lipinski definition) is 0. The predicted octanol–water partition coefficient (Wildman–Crippen LogP) is 3.01. The molecule has 0 atom stereocenters. The Morgan fingerprint density at radius 1 is 0.913 bits per heavy atom. The molecule has 1 aromatic rings. The third-order valence-electron chi connectivity index (χ3n) is 5.30. The van der Waals surface area contributed by atoms with E-state index in [0.29, 0.717) is 11.1 Å². The van der Waals surface area contributed by atoms with Gasteiger partial charge in [-0.25, -0.2) is 0 Å². The maximum absolute atomic E-state index is 11.1. The Balaban J connectivity index is 1.56. The summed E-state index contributed by atoms with van der Waals surface area (Å²) in [6.07, 6.45) is 8.54. The van der Waals surface area contributed by atoms with Crippen molar-refractivity contribution < 1.29 is 9.59 Å². The number of rotatable bonds is 5. The molecule has 0 spiro atoms. The first-order valence-electron chi connectivity index (χ1n) is 8.82. The van der Waals surface area contributed by atoms with Crippen molar-refractivity contribution in [1.29, 1.82) is 0 Å². The number of piperazine rings is 1. The Bertz CT molecular complexity index is 544.